The van der Waals surface area contributed by atoms with E-state index >= 15 is 0 Å². The summed E-state index contributed by atoms with van der Waals surface area (Å²) in [5.41, 5.74) is 7.27. The van der Waals surface area contributed by atoms with E-state index in [4.69, 9.17) is 5.73 Å². The van der Waals surface area contributed by atoms with Gasteiger partial charge in [0.05, 0.1) is 12.0 Å². The Balaban J connectivity index is 1.79. The number of rotatable bonds is 6. The van der Waals surface area contributed by atoms with Gasteiger partial charge in [0.25, 0.3) is 0 Å². The molecule has 2 N–H and O–H groups in total. The Morgan fingerprint density at radius 3 is 2.94 bits per heavy atom. The SMILES string of the molecule is CC[C@@H](N)c1cncn1CCCC1CCCC1. The van der Waals surface area contributed by atoms with Gasteiger partial charge in [-0.1, -0.05) is 32.6 Å². The molecule has 0 saturated heterocycles. The van der Waals surface area contributed by atoms with E-state index in [0.29, 0.717) is 0 Å². The first-order valence-corrected chi connectivity index (χ1v) is 7.07. The molecule has 1 heterocycles. The van der Waals surface area contributed by atoms with Crippen molar-refractivity contribution in [3.63, 3.8) is 0 Å². The highest BCUT2D eigenvalue weighted by atomic mass is 15.1. The molecule has 3 nitrogen and oxygen atoms in total. The standard InChI is InChI=1S/C14H25N3/c1-2-13(15)14-10-16-11-17(14)9-5-8-12-6-3-4-7-12/h10-13H,2-9,15H2,1H3/t13-/m1/s1. The van der Waals surface area contributed by atoms with Gasteiger partial charge in [0, 0.05) is 18.8 Å². The Kier molecular flexibility index (Phi) is 4.60. The van der Waals surface area contributed by atoms with Crippen LogP contribution in [-0.4, -0.2) is 9.55 Å². The lowest BCUT2D eigenvalue weighted by molar-refractivity contribution is 0.451. The molecule has 0 aliphatic heterocycles. The first-order chi connectivity index (χ1) is 8.31. The minimum absolute atomic E-state index is 0.143. The molecule has 0 amide bonds. The van der Waals surface area contributed by atoms with E-state index in [-0.39, 0.29) is 6.04 Å². The zero-order chi connectivity index (χ0) is 12.1. The largest absolute Gasteiger partial charge is 0.333 e. The number of nitrogens with zero attached hydrogens (tertiary/aromatic N) is 2. The summed E-state index contributed by atoms with van der Waals surface area (Å²) in [7, 11) is 0. The van der Waals surface area contributed by atoms with Crippen LogP contribution in [0.25, 0.3) is 0 Å². The Bertz CT molecular complexity index is 326. The lowest BCUT2D eigenvalue weighted by atomic mass is 10.0. The molecular formula is C14H25N3. The minimum atomic E-state index is 0.143. The third kappa shape index (κ3) is 3.32. The maximum Gasteiger partial charge on any atom is 0.0948 e. The van der Waals surface area contributed by atoms with Crippen molar-refractivity contribution >= 4 is 0 Å². The van der Waals surface area contributed by atoms with E-state index in [0.717, 1.165) is 18.9 Å². The van der Waals surface area contributed by atoms with Gasteiger partial charge in [0.1, 0.15) is 0 Å². The third-order valence-electron chi connectivity index (χ3n) is 4.05. The average molecular weight is 235 g/mol. The summed E-state index contributed by atoms with van der Waals surface area (Å²) in [6, 6.07) is 0.143. The quantitative estimate of drug-likeness (QED) is 0.822. The molecule has 96 valence electrons. The van der Waals surface area contributed by atoms with Crippen LogP contribution in [0.4, 0.5) is 0 Å². The van der Waals surface area contributed by atoms with Gasteiger partial charge in [-0.2, -0.15) is 0 Å². The van der Waals surface area contributed by atoms with Crippen LogP contribution in [0.15, 0.2) is 12.5 Å². The fourth-order valence-corrected chi connectivity index (χ4v) is 2.89. The molecule has 1 fully saturated rings. The molecule has 1 aliphatic carbocycles. The van der Waals surface area contributed by atoms with Crippen LogP contribution in [-0.2, 0) is 6.54 Å². The molecule has 0 radical (unpaired) electrons. The lowest BCUT2D eigenvalue weighted by Crippen LogP contribution is -2.14. The Hall–Kier alpha value is -0.830. The van der Waals surface area contributed by atoms with E-state index in [1.165, 1.54) is 44.2 Å². The van der Waals surface area contributed by atoms with Gasteiger partial charge >= 0.3 is 0 Å². The second kappa shape index (κ2) is 6.20. The number of hydrogen-bond donors (Lipinski definition) is 1. The molecule has 1 atom stereocenters. The van der Waals surface area contributed by atoms with Gasteiger partial charge in [-0.25, -0.2) is 4.98 Å². The highest BCUT2D eigenvalue weighted by molar-refractivity contribution is 5.04. The predicted molar refractivity (Wildman–Crippen MR) is 70.6 cm³/mol. The first-order valence-electron chi connectivity index (χ1n) is 7.07. The topological polar surface area (TPSA) is 43.8 Å². The van der Waals surface area contributed by atoms with E-state index in [1.807, 2.05) is 12.5 Å². The summed E-state index contributed by atoms with van der Waals surface area (Å²) < 4.78 is 2.24. The fourth-order valence-electron chi connectivity index (χ4n) is 2.89. The second-order valence-electron chi connectivity index (χ2n) is 5.32. The number of hydrogen-bond acceptors (Lipinski definition) is 2. The summed E-state index contributed by atoms with van der Waals surface area (Å²) >= 11 is 0. The van der Waals surface area contributed by atoms with Crippen molar-refractivity contribution < 1.29 is 0 Å². The Morgan fingerprint density at radius 2 is 2.24 bits per heavy atom. The van der Waals surface area contributed by atoms with Crippen LogP contribution in [0.3, 0.4) is 0 Å². The molecular weight excluding hydrogens is 210 g/mol. The van der Waals surface area contributed by atoms with Gasteiger partial charge in [-0.3, -0.25) is 0 Å². The van der Waals surface area contributed by atoms with Crippen LogP contribution < -0.4 is 5.73 Å². The molecule has 1 aromatic rings. The molecule has 1 aliphatic rings. The molecule has 1 saturated carbocycles. The summed E-state index contributed by atoms with van der Waals surface area (Å²) in [5, 5.41) is 0. The van der Waals surface area contributed by atoms with Crippen molar-refractivity contribution in [1.82, 2.24) is 9.55 Å². The Labute approximate surface area is 104 Å². The van der Waals surface area contributed by atoms with Crippen molar-refractivity contribution in [2.45, 2.75) is 64.5 Å². The van der Waals surface area contributed by atoms with E-state index in [2.05, 4.69) is 16.5 Å². The van der Waals surface area contributed by atoms with Crippen LogP contribution in [0, 0.1) is 5.92 Å². The minimum Gasteiger partial charge on any atom is -0.333 e. The third-order valence-corrected chi connectivity index (χ3v) is 4.05. The van der Waals surface area contributed by atoms with Crippen molar-refractivity contribution in [3.8, 4) is 0 Å². The molecule has 0 aromatic carbocycles. The maximum atomic E-state index is 6.07. The summed E-state index contributed by atoms with van der Waals surface area (Å²) in [6.45, 7) is 3.21. The first kappa shape index (κ1) is 12.6. The summed E-state index contributed by atoms with van der Waals surface area (Å²) in [6.07, 6.45) is 13.3. The monoisotopic (exact) mass is 235 g/mol. The van der Waals surface area contributed by atoms with Crippen LogP contribution in [0.2, 0.25) is 0 Å². The van der Waals surface area contributed by atoms with Crippen molar-refractivity contribution in [1.29, 1.82) is 0 Å². The van der Waals surface area contributed by atoms with Gasteiger partial charge < -0.3 is 10.3 Å². The smallest absolute Gasteiger partial charge is 0.0948 e. The molecule has 1 aromatic heterocycles. The van der Waals surface area contributed by atoms with Crippen molar-refractivity contribution in [2.24, 2.45) is 11.7 Å². The summed E-state index contributed by atoms with van der Waals surface area (Å²) in [4.78, 5) is 4.22. The van der Waals surface area contributed by atoms with Crippen LogP contribution in [0.1, 0.15) is 63.6 Å². The highest BCUT2D eigenvalue weighted by Gasteiger charge is 2.15. The van der Waals surface area contributed by atoms with Crippen LogP contribution in [0.5, 0.6) is 0 Å². The highest BCUT2D eigenvalue weighted by Crippen LogP contribution is 2.28. The molecule has 2 rings (SSSR count). The van der Waals surface area contributed by atoms with E-state index < -0.39 is 0 Å². The van der Waals surface area contributed by atoms with Gasteiger partial charge in [0.2, 0.25) is 0 Å². The zero-order valence-corrected chi connectivity index (χ0v) is 10.9. The summed E-state index contributed by atoms with van der Waals surface area (Å²) in [5.74, 6) is 0.988. The molecule has 17 heavy (non-hydrogen) atoms. The van der Waals surface area contributed by atoms with Gasteiger partial charge in [0.15, 0.2) is 0 Å². The van der Waals surface area contributed by atoms with Crippen LogP contribution >= 0.6 is 0 Å². The van der Waals surface area contributed by atoms with E-state index in [1.54, 1.807) is 0 Å². The normalized spacial score (nSPS) is 18.7. The zero-order valence-electron chi connectivity index (χ0n) is 10.9. The van der Waals surface area contributed by atoms with Crippen molar-refractivity contribution in [3.05, 3.63) is 18.2 Å². The van der Waals surface area contributed by atoms with Crippen molar-refractivity contribution in [2.75, 3.05) is 0 Å². The average Bonchev–Trinajstić information content (AvgIpc) is 2.99. The molecule has 0 spiro atoms. The van der Waals surface area contributed by atoms with Gasteiger partial charge in [-0.05, 0) is 25.2 Å². The lowest BCUT2D eigenvalue weighted by Gasteiger charge is -2.14. The molecule has 0 unspecified atom stereocenters. The molecule has 3 heteroatoms. The Morgan fingerprint density at radius 1 is 1.47 bits per heavy atom. The predicted octanol–water partition coefficient (Wildman–Crippen LogP) is 3.26. The number of nitrogens with two attached hydrogens (primary N) is 1. The maximum absolute atomic E-state index is 6.07. The number of aromatic nitrogens is 2. The number of aryl methyl sites for hydroxylation is 1. The second-order valence-corrected chi connectivity index (χ2v) is 5.32. The van der Waals surface area contributed by atoms with Gasteiger partial charge in [-0.15, -0.1) is 0 Å². The fraction of sp³-hybridized carbons (Fsp3) is 0.786. The number of imidazole rings is 1. The molecule has 0 bridgehead atoms. The van der Waals surface area contributed by atoms with E-state index in [9.17, 15) is 0 Å².